The predicted molar refractivity (Wildman–Crippen MR) is 114 cm³/mol. The molecule has 0 bridgehead atoms. The first-order valence-electron chi connectivity index (χ1n) is 10.1. The second-order valence-corrected chi connectivity index (χ2v) is 6.36. The zero-order valence-electron chi connectivity index (χ0n) is 17.8. The minimum Gasteiger partial charge on any atom is -0.493 e. The van der Waals surface area contributed by atoms with Crippen molar-refractivity contribution in [2.24, 2.45) is 4.99 Å². The van der Waals surface area contributed by atoms with Crippen molar-refractivity contribution in [3.63, 3.8) is 0 Å². The maximum Gasteiger partial charge on any atom is 0.191 e. The number of benzene rings is 1. The van der Waals surface area contributed by atoms with E-state index < -0.39 is 0 Å². The monoisotopic (exact) mass is 378 g/mol. The molecule has 1 rings (SSSR count). The van der Waals surface area contributed by atoms with Crippen molar-refractivity contribution in [3.8, 4) is 11.5 Å². The van der Waals surface area contributed by atoms with Crippen LogP contribution in [-0.2, 0) is 6.42 Å². The van der Waals surface area contributed by atoms with E-state index in [2.05, 4.69) is 47.4 Å². The largest absolute Gasteiger partial charge is 0.493 e. The molecular formula is C21H38N4O2. The van der Waals surface area contributed by atoms with Crippen LogP contribution >= 0.6 is 0 Å². The van der Waals surface area contributed by atoms with Crippen LogP contribution in [0.25, 0.3) is 0 Å². The molecular weight excluding hydrogens is 340 g/mol. The first kappa shape index (κ1) is 23.1. The van der Waals surface area contributed by atoms with Gasteiger partial charge in [0, 0.05) is 19.6 Å². The maximum absolute atomic E-state index is 5.37. The van der Waals surface area contributed by atoms with Crippen molar-refractivity contribution in [1.29, 1.82) is 0 Å². The molecule has 0 fully saturated rings. The van der Waals surface area contributed by atoms with Crippen LogP contribution < -0.4 is 20.1 Å². The minimum atomic E-state index is 0.758. The maximum atomic E-state index is 5.37. The lowest BCUT2D eigenvalue weighted by atomic mass is 10.1. The van der Waals surface area contributed by atoms with E-state index in [0.29, 0.717) is 0 Å². The Kier molecular flexibility index (Phi) is 12.1. The van der Waals surface area contributed by atoms with Crippen molar-refractivity contribution in [3.05, 3.63) is 23.8 Å². The number of rotatable bonds is 13. The molecule has 0 atom stereocenters. The fourth-order valence-electron chi connectivity index (χ4n) is 2.88. The molecule has 0 aliphatic heterocycles. The van der Waals surface area contributed by atoms with Gasteiger partial charge in [-0.25, -0.2) is 0 Å². The average Bonchev–Trinajstić information content (AvgIpc) is 2.70. The van der Waals surface area contributed by atoms with Gasteiger partial charge in [0.15, 0.2) is 17.5 Å². The Balaban J connectivity index is 2.41. The molecule has 0 radical (unpaired) electrons. The van der Waals surface area contributed by atoms with Crippen LogP contribution in [0.1, 0.15) is 39.2 Å². The second kappa shape index (κ2) is 14.2. The highest BCUT2D eigenvalue weighted by Gasteiger charge is 2.05. The SMILES string of the molecule is CCNC(=NCCCCN(CC)CC)NCCc1ccc(OC)c(OC)c1. The Morgan fingerprint density at radius 3 is 2.37 bits per heavy atom. The van der Waals surface area contributed by atoms with Crippen LogP contribution in [0.4, 0.5) is 0 Å². The number of nitrogens with zero attached hydrogens (tertiary/aromatic N) is 2. The average molecular weight is 379 g/mol. The second-order valence-electron chi connectivity index (χ2n) is 6.36. The summed E-state index contributed by atoms with van der Waals surface area (Å²) in [6.45, 7) is 12.5. The number of guanidine groups is 1. The van der Waals surface area contributed by atoms with E-state index in [1.165, 1.54) is 12.0 Å². The lowest BCUT2D eigenvalue weighted by Gasteiger charge is -2.17. The number of unbranched alkanes of at least 4 members (excludes halogenated alkanes) is 1. The number of hydrogen-bond donors (Lipinski definition) is 2. The fraction of sp³-hybridized carbons (Fsp3) is 0.667. The van der Waals surface area contributed by atoms with Crippen molar-refractivity contribution < 1.29 is 9.47 Å². The Morgan fingerprint density at radius 2 is 1.74 bits per heavy atom. The molecule has 0 heterocycles. The van der Waals surface area contributed by atoms with E-state index in [1.807, 2.05) is 12.1 Å². The first-order valence-corrected chi connectivity index (χ1v) is 10.1. The minimum absolute atomic E-state index is 0.758. The van der Waals surface area contributed by atoms with Crippen LogP contribution in [0.2, 0.25) is 0 Å². The summed E-state index contributed by atoms with van der Waals surface area (Å²) in [7, 11) is 3.32. The third-order valence-corrected chi connectivity index (χ3v) is 4.55. The van der Waals surface area contributed by atoms with E-state index in [9.17, 15) is 0 Å². The van der Waals surface area contributed by atoms with Crippen molar-refractivity contribution in [2.75, 3.05) is 53.5 Å². The number of nitrogens with one attached hydrogen (secondary N) is 2. The molecule has 0 aliphatic carbocycles. The molecule has 0 spiro atoms. The normalized spacial score (nSPS) is 11.6. The third-order valence-electron chi connectivity index (χ3n) is 4.55. The zero-order chi connectivity index (χ0) is 19.9. The summed E-state index contributed by atoms with van der Waals surface area (Å²) in [5, 5.41) is 6.73. The summed E-state index contributed by atoms with van der Waals surface area (Å²) in [6, 6.07) is 6.04. The Bertz CT molecular complexity index is 545. The molecule has 154 valence electrons. The molecule has 1 aromatic carbocycles. The van der Waals surface area contributed by atoms with E-state index in [-0.39, 0.29) is 0 Å². The van der Waals surface area contributed by atoms with Gasteiger partial charge in [-0.05, 0) is 63.5 Å². The van der Waals surface area contributed by atoms with Gasteiger partial charge in [0.2, 0.25) is 0 Å². The molecule has 0 amide bonds. The topological polar surface area (TPSA) is 58.1 Å². The van der Waals surface area contributed by atoms with Crippen LogP contribution in [0, 0.1) is 0 Å². The number of ether oxygens (including phenoxy) is 2. The van der Waals surface area contributed by atoms with Crippen LogP contribution in [0.15, 0.2) is 23.2 Å². The van der Waals surface area contributed by atoms with Crippen LogP contribution in [0.3, 0.4) is 0 Å². The zero-order valence-corrected chi connectivity index (χ0v) is 17.8. The number of hydrogen-bond acceptors (Lipinski definition) is 4. The summed E-state index contributed by atoms with van der Waals surface area (Å²) in [5.41, 5.74) is 1.20. The highest BCUT2D eigenvalue weighted by molar-refractivity contribution is 5.79. The molecule has 6 heteroatoms. The molecule has 0 aromatic heterocycles. The summed E-state index contributed by atoms with van der Waals surface area (Å²) in [5.74, 6) is 2.42. The Hall–Kier alpha value is -1.95. The Morgan fingerprint density at radius 1 is 1.00 bits per heavy atom. The van der Waals surface area contributed by atoms with Crippen LogP contribution in [0.5, 0.6) is 11.5 Å². The van der Waals surface area contributed by atoms with Gasteiger partial charge in [-0.3, -0.25) is 4.99 Å². The third kappa shape index (κ3) is 9.00. The predicted octanol–water partition coefficient (Wildman–Crippen LogP) is 2.92. The van der Waals surface area contributed by atoms with E-state index in [4.69, 9.17) is 9.47 Å². The summed E-state index contributed by atoms with van der Waals surface area (Å²) in [6.07, 6.45) is 3.20. The van der Waals surface area contributed by atoms with Gasteiger partial charge < -0.3 is 25.0 Å². The van der Waals surface area contributed by atoms with Crippen molar-refractivity contribution in [1.82, 2.24) is 15.5 Å². The van der Waals surface area contributed by atoms with E-state index in [1.54, 1.807) is 14.2 Å². The quantitative estimate of drug-likeness (QED) is 0.314. The number of aliphatic imine (C=N–C) groups is 1. The van der Waals surface area contributed by atoms with Gasteiger partial charge in [-0.2, -0.15) is 0 Å². The number of methoxy groups -OCH3 is 2. The van der Waals surface area contributed by atoms with Crippen molar-refractivity contribution >= 4 is 5.96 Å². The Labute approximate surface area is 165 Å². The molecule has 0 aliphatic rings. The van der Waals surface area contributed by atoms with Crippen molar-refractivity contribution in [2.45, 2.75) is 40.0 Å². The summed E-state index contributed by atoms with van der Waals surface area (Å²) < 4.78 is 10.7. The molecule has 0 unspecified atom stereocenters. The highest BCUT2D eigenvalue weighted by atomic mass is 16.5. The lowest BCUT2D eigenvalue weighted by Crippen LogP contribution is -2.38. The van der Waals surface area contributed by atoms with E-state index in [0.717, 1.165) is 69.6 Å². The van der Waals surface area contributed by atoms with Gasteiger partial charge in [0.25, 0.3) is 0 Å². The first-order chi connectivity index (χ1) is 13.2. The lowest BCUT2D eigenvalue weighted by molar-refractivity contribution is 0.297. The molecule has 6 nitrogen and oxygen atoms in total. The van der Waals surface area contributed by atoms with E-state index >= 15 is 0 Å². The van der Waals surface area contributed by atoms with Gasteiger partial charge >= 0.3 is 0 Å². The van der Waals surface area contributed by atoms with Gasteiger partial charge in [-0.1, -0.05) is 19.9 Å². The molecule has 0 saturated heterocycles. The van der Waals surface area contributed by atoms with Gasteiger partial charge in [0.05, 0.1) is 14.2 Å². The fourth-order valence-corrected chi connectivity index (χ4v) is 2.88. The van der Waals surface area contributed by atoms with Gasteiger partial charge in [0.1, 0.15) is 0 Å². The summed E-state index contributed by atoms with van der Waals surface area (Å²) in [4.78, 5) is 7.14. The van der Waals surface area contributed by atoms with Crippen LogP contribution in [-0.4, -0.2) is 64.3 Å². The standard InChI is InChI=1S/C21H38N4O2/c1-6-22-21(23-14-9-10-16-25(7-2)8-3)24-15-13-18-11-12-19(26-4)20(17-18)27-5/h11-12,17H,6-10,13-16H2,1-5H3,(H2,22,23,24). The summed E-state index contributed by atoms with van der Waals surface area (Å²) >= 11 is 0. The molecule has 1 aromatic rings. The molecule has 27 heavy (non-hydrogen) atoms. The highest BCUT2D eigenvalue weighted by Crippen LogP contribution is 2.27. The molecule has 2 N–H and O–H groups in total. The smallest absolute Gasteiger partial charge is 0.191 e. The van der Waals surface area contributed by atoms with Gasteiger partial charge in [-0.15, -0.1) is 0 Å². The molecule has 0 saturated carbocycles.